The Morgan fingerprint density at radius 2 is 1.74 bits per heavy atom. The van der Waals surface area contributed by atoms with Crippen molar-refractivity contribution in [2.75, 3.05) is 5.32 Å². The highest BCUT2D eigenvalue weighted by Crippen LogP contribution is 2.32. The molecule has 0 atom stereocenters. The number of amides is 1. The minimum absolute atomic E-state index is 0.0625. The first-order chi connectivity index (χ1) is 18.7. The maximum Gasteiger partial charge on any atom is 0.227 e. The first-order valence-electron chi connectivity index (χ1n) is 12.6. The molecule has 0 bridgehead atoms. The van der Waals surface area contributed by atoms with Gasteiger partial charge in [0.05, 0.1) is 46.5 Å². The molecule has 1 fully saturated rings. The zero-order chi connectivity index (χ0) is 25.5. The lowest BCUT2D eigenvalue weighted by Gasteiger charge is -2.11. The van der Waals surface area contributed by atoms with Gasteiger partial charge in [-0.3, -0.25) is 29.8 Å². The van der Waals surface area contributed by atoms with Crippen LogP contribution in [0.1, 0.15) is 25.7 Å². The van der Waals surface area contributed by atoms with Gasteiger partial charge in [0.15, 0.2) is 5.82 Å². The van der Waals surface area contributed by atoms with Crippen LogP contribution in [-0.2, 0) is 4.79 Å². The molecule has 10 nitrogen and oxygen atoms in total. The smallest absolute Gasteiger partial charge is 0.227 e. The van der Waals surface area contributed by atoms with Gasteiger partial charge >= 0.3 is 0 Å². The van der Waals surface area contributed by atoms with E-state index >= 15 is 0 Å². The largest absolute Gasteiger partial charge is 0.335 e. The van der Waals surface area contributed by atoms with Crippen molar-refractivity contribution in [2.24, 2.45) is 5.92 Å². The summed E-state index contributed by atoms with van der Waals surface area (Å²) in [5.41, 5.74) is 7.18. The highest BCUT2D eigenvalue weighted by molar-refractivity contribution is 5.97. The van der Waals surface area contributed by atoms with Gasteiger partial charge in [-0.2, -0.15) is 5.10 Å². The van der Waals surface area contributed by atoms with E-state index in [0.717, 1.165) is 70.0 Å². The van der Waals surface area contributed by atoms with E-state index in [1.807, 2.05) is 24.3 Å². The molecule has 6 aromatic rings. The third-order valence-electron chi connectivity index (χ3n) is 7.08. The van der Waals surface area contributed by atoms with E-state index < -0.39 is 0 Å². The van der Waals surface area contributed by atoms with Crippen LogP contribution >= 0.6 is 0 Å². The number of carbonyl (C=O) groups is 1. The molecule has 3 N–H and O–H groups in total. The molecule has 0 aliphatic heterocycles. The average Bonchev–Trinajstić information content (AvgIpc) is 3.73. The number of aromatic nitrogens is 8. The van der Waals surface area contributed by atoms with Crippen molar-refractivity contribution in [1.82, 2.24) is 40.1 Å². The van der Waals surface area contributed by atoms with Crippen molar-refractivity contribution < 1.29 is 4.79 Å². The second-order valence-electron chi connectivity index (χ2n) is 9.52. The molecule has 0 saturated heterocycles. The molecule has 7 rings (SSSR count). The maximum atomic E-state index is 12.6. The summed E-state index contributed by atoms with van der Waals surface area (Å²) in [5.74, 6) is 0.773. The summed E-state index contributed by atoms with van der Waals surface area (Å²) < 4.78 is 0. The number of nitrogens with one attached hydrogen (secondary N) is 3. The number of carbonyl (C=O) groups excluding carboxylic acids is 1. The van der Waals surface area contributed by atoms with Crippen molar-refractivity contribution in [2.45, 2.75) is 25.7 Å². The van der Waals surface area contributed by atoms with Gasteiger partial charge in [-0.05, 0) is 42.7 Å². The molecule has 1 amide bonds. The molecular weight excluding hydrogens is 478 g/mol. The van der Waals surface area contributed by atoms with Crippen LogP contribution in [-0.4, -0.2) is 46.0 Å². The van der Waals surface area contributed by atoms with E-state index in [4.69, 9.17) is 4.98 Å². The first kappa shape index (κ1) is 22.2. The fourth-order valence-corrected chi connectivity index (χ4v) is 5.12. The van der Waals surface area contributed by atoms with Gasteiger partial charge in [-0.25, -0.2) is 4.98 Å². The normalized spacial score (nSPS) is 13.9. The van der Waals surface area contributed by atoms with Crippen molar-refractivity contribution in [1.29, 1.82) is 0 Å². The Morgan fingerprint density at radius 1 is 0.895 bits per heavy atom. The monoisotopic (exact) mass is 501 g/mol. The zero-order valence-electron chi connectivity index (χ0n) is 20.3. The quantitative estimate of drug-likeness (QED) is 0.297. The molecule has 1 aliphatic carbocycles. The van der Waals surface area contributed by atoms with Crippen molar-refractivity contribution in [3.63, 3.8) is 0 Å². The highest BCUT2D eigenvalue weighted by atomic mass is 16.1. The number of H-pyrrole nitrogens is 2. The molecule has 1 saturated carbocycles. The number of imidazole rings is 1. The van der Waals surface area contributed by atoms with Crippen LogP contribution < -0.4 is 5.32 Å². The second-order valence-corrected chi connectivity index (χ2v) is 9.52. The van der Waals surface area contributed by atoms with Gasteiger partial charge in [0.1, 0.15) is 5.69 Å². The van der Waals surface area contributed by atoms with E-state index in [2.05, 4.69) is 40.4 Å². The maximum absolute atomic E-state index is 12.6. The van der Waals surface area contributed by atoms with Crippen LogP contribution in [0.5, 0.6) is 0 Å². The first-order valence-corrected chi connectivity index (χ1v) is 12.6. The summed E-state index contributed by atoms with van der Waals surface area (Å²) in [4.78, 5) is 38.3. The van der Waals surface area contributed by atoms with Crippen LogP contribution in [0.15, 0.2) is 67.6 Å². The van der Waals surface area contributed by atoms with Gasteiger partial charge in [0.2, 0.25) is 5.91 Å². The number of pyridine rings is 4. The highest BCUT2D eigenvalue weighted by Gasteiger charge is 2.23. The fraction of sp³-hybridized carbons (Fsp3) is 0.179. The van der Waals surface area contributed by atoms with E-state index in [9.17, 15) is 4.79 Å². The Kier molecular flexibility index (Phi) is 5.35. The molecule has 0 unspecified atom stereocenters. The van der Waals surface area contributed by atoms with Crippen molar-refractivity contribution in [3.05, 3.63) is 67.6 Å². The molecule has 1 aliphatic rings. The summed E-state index contributed by atoms with van der Waals surface area (Å²) in [7, 11) is 0. The Labute approximate surface area is 217 Å². The third-order valence-corrected chi connectivity index (χ3v) is 7.08. The third kappa shape index (κ3) is 3.96. The lowest BCUT2D eigenvalue weighted by Crippen LogP contribution is -2.20. The number of aromatic amines is 2. The van der Waals surface area contributed by atoms with Gasteiger partial charge in [-0.1, -0.05) is 12.8 Å². The summed E-state index contributed by atoms with van der Waals surface area (Å²) in [6.07, 6.45) is 16.3. The van der Waals surface area contributed by atoms with Crippen LogP contribution in [0.25, 0.3) is 55.8 Å². The van der Waals surface area contributed by atoms with Crippen LogP contribution in [0.3, 0.4) is 0 Å². The summed E-state index contributed by atoms with van der Waals surface area (Å²) in [6.45, 7) is 0. The molecule has 0 aromatic carbocycles. The topological polar surface area (TPSA) is 138 Å². The Morgan fingerprint density at radius 3 is 2.61 bits per heavy atom. The lowest BCUT2D eigenvalue weighted by atomic mass is 10.1. The van der Waals surface area contributed by atoms with Gasteiger partial charge in [0.25, 0.3) is 0 Å². The van der Waals surface area contributed by atoms with E-state index in [0.29, 0.717) is 17.2 Å². The van der Waals surface area contributed by atoms with Crippen molar-refractivity contribution in [3.8, 4) is 33.9 Å². The Hall–Kier alpha value is -4.99. The minimum atomic E-state index is 0.0625. The predicted molar refractivity (Wildman–Crippen MR) is 144 cm³/mol. The summed E-state index contributed by atoms with van der Waals surface area (Å²) in [5, 5.41) is 11.5. The van der Waals surface area contributed by atoms with Gasteiger partial charge in [-0.15, -0.1) is 0 Å². The number of hydrogen-bond acceptors (Lipinski definition) is 7. The molecule has 6 aromatic heterocycles. The second kappa shape index (κ2) is 9.15. The molecule has 186 valence electrons. The average molecular weight is 502 g/mol. The molecule has 38 heavy (non-hydrogen) atoms. The van der Waals surface area contributed by atoms with Crippen LogP contribution in [0, 0.1) is 5.92 Å². The van der Waals surface area contributed by atoms with E-state index in [1.165, 1.54) is 0 Å². The fourth-order valence-electron chi connectivity index (χ4n) is 5.12. The van der Waals surface area contributed by atoms with Crippen LogP contribution in [0.2, 0.25) is 0 Å². The number of nitrogens with zero attached hydrogens (tertiary/aromatic N) is 6. The number of rotatable bonds is 5. The Balaban J connectivity index is 1.25. The SMILES string of the molecule is O=C(Nc1cncc(-c2cc3c(-c4nc5c(-c6ccncc6)cncc5[nH]4)n[nH]c3cn2)c1)C1CCCC1. The minimum Gasteiger partial charge on any atom is -0.335 e. The van der Waals surface area contributed by atoms with E-state index in [1.54, 1.807) is 43.4 Å². The molecule has 10 heteroatoms. The summed E-state index contributed by atoms with van der Waals surface area (Å²) >= 11 is 0. The molecule has 0 radical (unpaired) electrons. The van der Waals surface area contributed by atoms with Crippen molar-refractivity contribution >= 4 is 33.5 Å². The summed E-state index contributed by atoms with van der Waals surface area (Å²) in [6, 6.07) is 7.74. The number of fused-ring (bicyclic) bond motifs is 2. The van der Waals surface area contributed by atoms with Gasteiger partial charge < -0.3 is 10.3 Å². The Bertz CT molecular complexity index is 1780. The molecule has 0 spiro atoms. The van der Waals surface area contributed by atoms with Gasteiger partial charge in [0, 0.05) is 47.2 Å². The molecule has 6 heterocycles. The number of hydrogen-bond donors (Lipinski definition) is 3. The lowest BCUT2D eigenvalue weighted by molar-refractivity contribution is -0.119. The standard InChI is InChI=1S/C28H23N9O/c38-28(17-3-1-2-4-17)33-19-9-18(11-30-12-19)22-10-20-23(15-32-22)36-37-26(20)27-34-24-14-31-13-21(25(24)35-27)16-5-7-29-8-6-16/h5-15,17H,1-4H2,(H,33,38)(H,34,35)(H,36,37). The molecular formula is C28H23N9O. The number of anilines is 1. The zero-order valence-corrected chi connectivity index (χ0v) is 20.3. The van der Waals surface area contributed by atoms with E-state index in [-0.39, 0.29) is 11.8 Å². The predicted octanol–water partition coefficient (Wildman–Crippen LogP) is 5.15. The van der Waals surface area contributed by atoms with Crippen LogP contribution in [0.4, 0.5) is 5.69 Å².